The number of rotatable bonds is 12. The lowest BCUT2D eigenvalue weighted by atomic mass is 9.98. The Morgan fingerprint density at radius 3 is 2.29 bits per heavy atom. The van der Waals surface area contributed by atoms with Crippen molar-refractivity contribution in [3.8, 4) is 11.1 Å². The number of amides is 2. The number of carbonyl (C=O) groups excluding carboxylic acids is 2. The maximum atomic E-state index is 12.9. The molecule has 0 heterocycles. The molecule has 2 N–H and O–H groups in total. The Hall–Kier alpha value is -3.61. The van der Waals surface area contributed by atoms with E-state index in [2.05, 4.69) is 36.2 Å². The highest BCUT2D eigenvalue weighted by atomic mass is 16.5. The van der Waals surface area contributed by atoms with Crippen molar-refractivity contribution in [2.24, 2.45) is 0 Å². The number of carbonyl (C=O) groups is 3. The van der Waals surface area contributed by atoms with Crippen LogP contribution < -0.4 is 5.32 Å². The Labute approximate surface area is 200 Å². The van der Waals surface area contributed by atoms with Crippen molar-refractivity contribution < 1.29 is 24.2 Å². The smallest absolute Gasteiger partial charge is 0.407 e. The molecule has 7 nitrogen and oxygen atoms in total. The molecule has 7 heteroatoms. The second-order valence-electron chi connectivity index (χ2n) is 8.50. The van der Waals surface area contributed by atoms with Gasteiger partial charge in [0, 0.05) is 25.9 Å². The summed E-state index contributed by atoms with van der Waals surface area (Å²) in [5.74, 6) is -1.14. The van der Waals surface area contributed by atoms with Crippen molar-refractivity contribution in [3.63, 3.8) is 0 Å². The van der Waals surface area contributed by atoms with E-state index < -0.39 is 18.1 Å². The molecule has 1 aliphatic rings. The fourth-order valence-corrected chi connectivity index (χ4v) is 4.33. The summed E-state index contributed by atoms with van der Waals surface area (Å²) in [6, 6.07) is 15.5. The fourth-order valence-electron chi connectivity index (χ4n) is 4.33. The number of alkyl carbamates (subject to hydrolysis) is 1. The number of allylic oxidation sites excluding steroid dienone is 1. The van der Waals surface area contributed by atoms with Gasteiger partial charge >= 0.3 is 12.1 Å². The number of fused-ring (bicyclic) bond motifs is 3. The zero-order valence-electron chi connectivity index (χ0n) is 19.5. The minimum absolute atomic E-state index is 0.0580. The summed E-state index contributed by atoms with van der Waals surface area (Å²) < 4.78 is 5.59. The summed E-state index contributed by atoms with van der Waals surface area (Å²) >= 11 is 0. The van der Waals surface area contributed by atoms with Crippen molar-refractivity contribution >= 4 is 18.0 Å². The Kier molecular flexibility index (Phi) is 8.85. The van der Waals surface area contributed by atoms with Crippen LogP contribution in [-0.4, -0.2) is 54.2 Å². The summed E-state index contributed by atoms with van der Waals surface area (Å²) in [6.07, 6.45) is 3.17. The van der Waals surface area contributed by atoms with Gasteiger partial charge in [0.1, 0.15) is 12.6 Å². The highest BCUT2D eigenvalue weighted by Crippen LogP contribution is 2.44. The third kappa shape index (κ3) is 6.25. The van der Waals surface area contributed by atoms with Crippen LogP contribution in [0.2, 0.25) is 0 Å². The first-order chi connectivity index (χ1) is 16.4. The van der Waals surface area contributed by atoms with Crippen molar-refractivity contribution in [2.75, 3.05) is 20.2 Å². The van der Waals surface area contributed by atoms with Crippen molar-refractivity contribution in [3.05, 3.63) is 72.3 Å². The predicted molar refractivity (Wildman–Crippen MR) is 131 cm³/mol. The zero-order valence-corrected chi connectivity index (χ0v) is 19.5. The van der Waals surface area contributed by atoms with Crippen LogP contribution in [0.3, 0.4) is 0 Å². The van der Waals surface area contributed by atoms with E-state index in [0.29, 0.717) is 32.2 Å². The maximum absolute atomic E-state index is 12.9. The molecule has 0 bridgehead atoms. The largest absolute Gasteiger partial charge is 0.481 e. The summed E-state index contributed by atoms with van der Waals surface area (Å²) in [7, 11) is 1.66. The first-order valence-electron chi connectivity index (χ1n) is 11.6. The quantitative estimate of drug-likeness (QED) is 0.354. The zero-order chi connectivity index (χ0) is 24.5. The highest BCUT2D eigenvalue weighted by Gasteiger charge is 2.30. The number of hydrogen-bond acceptors (Lipinski definition) is 4. The normalized spacial score (nSPS) is 12.9. The topological polar surface area (TPSA) is 95.9 Å². The van der Waals surface area contributed by atoms with Crippen LogP contribution in [0.25, 0.3) is 11.1 Å². The minimum Gasteiger partial charge on any atom is -0.481 e. The van der Waals surface area contributed by atoms with Gasteiger partial charge in [-0.15, -0.1) is 6.58 Å². The third-order valence-electron chi connectivity index (χ3n) is 6.10. The average Bonchev–Trinajstić information content (AvgIpc) is 3.16. The molecule has 0 aliphatic heterocycles. The second-order valence-corrected chi connectivity index (χ2v) is 8.50. The molecule has 2 aromatic rings. The Bertz CT molecular complexity index is 990. The number of nitrogens with one attached hydrogen (secondary N) is 1. The average molecular weight is 465 g/mol. The van der Waals surface area contributed by atoms with Gasteiger partial charge in [-0.2, -0.15) is 0 Å². The number of nitrogens with zero attached hydrogens (tertiary/aromatic N) is 1. The lowest BCUT2D eigenvalue weighted by molar-refractivity contribution is -0.137. The van der Waals surface area contributed by atoms with E-state index in [1.165, 1.54) is 4.90 Å². The molecule has 0 saturated carbocycles. The lowest BCUT2D eigenvalue weighted by Crippen LogP contribution is -2.47. The number of benzene rings is 2. The summed E-state index contributed by atoms with van der Waals surface area (Å²) in [6.45, 7) is 4.29. The summed E-state index contributed by atoms with van der Waals surface area (Å²) in [5.41, 5.74) is 4.54. The SMILES string of the molecule is C=CCCC(NC(=O)OCC1c2ccccc2-c2ccccc21)C(=O)N(C)CCCCC(=O)O. The molecule has 2 aromatic carbocycles. The molecule has 1 atom stereocenters. The highest BCUT2D eigenvalue weighted by molar-refractivity contribution is 5.85. The molecule has 0 radical (unpaired) electrons. The standard InChI is InChI=1S/C27H32N2O5/c1-3-4-15-24(26(32)29(2)17-10-9-16-25(30)31)28-27(33)34-18-23-21-13-7-5-11-19(21)20-12-6-8-14-22(20)23/h3,5-8,11-14,23-24H,1,4,9-10,15-18H2,2H3,(H,28,33)(H,30,31). The molecular formula is C27H32N2O5. The van der Waals surface area contributed by atoms with Crippen molar-refractivity contribution in [1.82, 2.24) is 10.2 Å². The monoisotopic (exact) mass is 464 g/mol. The van der Waals surface area contributed by atoms with Crippen LogP contribution in [0.1, 0.15) is 49.1 Å². The van der Waals surface area contributed by atoms with E-state index in [-0.39, 0.29) is 24.9 Å². The van der Waals surface area contributed by atoms with Gasteiger partial charge in [-0.1, -0.05) is 54.6 Å². The Balaban J connectivity index is 1.59. The maximum Gasteiger partial charge on any atom is 0.407 e. The molecule has 0 fully saturated rings. The lowest BCUT2D eigenvalue weighted by Gasteiger charge is -2.24. The number of likely N-dealkylation sites (N-methyl/N-ethyl adjacent to an activating group) is 1. The van der Waals surface area contributed by atoms with Crippen LogP contribution in [-0.2, 0) is 14.3 Å². The minimum atomic E-state index is -0.852. The van der Waals surface area contributed by atoms with Crippen LogP contribution in [0, 0.1) is 0 Å². The second kappa shape index (κ2) is 12.0. The van der Waals surface area contributed by atoms with Gasteiger partial charge in [0.25, 0.3) is 0 Å². The number of hydrogen-bond donors (Lipinski definition) is 2. The third-order valence-corrected chi connectivity index (χ3v) is 6.10. The molecule has 3 rings (SSSR count). The molecular weight excluding hydrogens is 432 g/mol. The predicted octanol–water partition coefficient (Wildman–Crippen LogP) is 4.57. The fraction of sp³-hybridized carbons (Fsp3) is 0.370. The van der Waals surface area contributed by atoms with Gasteiger partial charge in [0.05, 0.1) is 0 Å². The number of aliphatic carboxylic acids is 1. The number of unbranched alkanes of at least 4 members (excludes halogenated alkanes) is 1. The molecule has 1 aliphatic carbocycles. The summed E-state index contributed by atoms with van der Waals surface area (Å²) in [4.78, 5) is 37.8. The van der Waals surface area contributed by atoms with Gasteiger partial charge in [-0.3, -0.25) is 9.59 Å². The van der Waals surface area contributed by atoms with E-state index in [9.17, 15) is 14.4 Å². The first-order valence-corrected chi connectivity index (χ1v) is 11.6. The van der Waals surface area contributed by atoms with Gasteiger partial charge in [-0.05, 0) is 47.9 Å². The molecule has 0 aromatic heterocycles. The number of carboxylic acids is 1. The molecule has 2 amide bonds. The van der Waals surface area contributed by atoms with Gasteiger partial charge in [0.2, 0.25) is 5.91 Å². The van der Waals surface area contributed by atoms with Gasteiger partial charge in [0.15, 0.2) is 0 Å². The van der Waals surface area contributed by atoms with E-state index >= 15 is 0 Å². The number of carboxylic acid groups (broad SMARTS) is 1. The summed E-state index contributed by atoms with van der Waals surface area (Å²) in [5, 5.41) is 11.5. The van der Waals surface area contributed by atoms with Crippen molar-refractivity contribution in [1.29, 1.82) is 0 Å². The van der Waals surface area contributed by atoms with Gasteiger partial charge in [-0.25, -0.2) is 4.79 Å². The molecule has 180 valence electrons. The van der Waals surface area contributed by atoms with Crippen LogP contribution >= 0.6 is 0 Å². The molecule has 0 saturated heterocycles. The first kappa shape index (κ1) is 25.0. The van der Waals surface area contributed by atoms with Gasteiger partial charge < -0.3 is 20.1 Å². The van der Waals surface area contributed by atoms with E-state index in [4.69, 9.17) is 9.84 Å². The Morgan fingerprint density at radius 1 is 1.09 bits per heavy atom. The van der Waals surface area contributed by atoms with E-state index in [0.717, 1.165) is 22.3 Å². The van der Waals surface area contributed by atoms with E-state index in [1.54, 1.807) is 13.1 Å². The molecule has 1 unspecified atom stereocenters. The van der Waals surface area contributed by atoms with Crippen LogP contribution in [0.4, 0.5) is 4.79 Å². The van der Waals surface area contributed by atoms with E-state index in [1.807, 2.05) is 24.3 Å². The Morgan fingerprint density at radius 2 is 1.71 bits per heavy atom. The molecule has 34 heavy (non-hydrogen) atoms. The number of ether oxygens (including phenoxy) is 1. The van der Waals surface area contributed by atoms with Crippen LogP contribution in [0.5, 0.6) is 0 Å². The molecule has 0 spiro atoms. The van der Waals surface area contributed by atoms with Crippen LogP contribution in [0.15, 0.2) is 61.2 Å². The van der Waals surface area contributed by atoms with Crippen molar-refractivity contribution in [2.45, 2.75) is 44.1 Å².